The lowest BCUT2D eigenvalue weighted by Crippen LogP contribution is -2.43. The minimum atomic E-state index is -0.220. The van der Waals surface area contributed by atoms with Gasteiger partial charge in [-0.15, -0.1) is 6.42 Å². The number of amidine groups is 1. The zero-order valence-corrected chi connectivity index (χ0v) is 15.1. The number of hydrogen-bond donors (Lipinski definition) is 0. The highest BCUT2D eigenvalue weighted by molar-refractivity contribution is 6.00. The van der Waals surface area contributed by atoms with Crippen molar-refractivity contribution in [1.82, 2.24) is 14.7 Å². The third kappa shape index (κ3) is 3.68. The van der Waals surface area contributed by atoms with Gasteiger partial charge in [-0.1, -0.05) is 30.6 Å². The van der Waals surface area contributed by atoms with E-state index in [9.17, 15) is 0 Å². The van der Waals surface area contributed by atoms with Crippen molar-refractivity contribution in [2.75, 3.05) is 33.9 Å². The molecule has 0 radical (unpaired) electrons. The van der Waals surface area contributed by atoms with Gasteiger partial charge in [0, 0.05) is 25.9 Å². The molecule has 1 unspecified atom stereocenters. The van der Waals surface area contributed by atoms with Gasteiger partial charge in [0.15, 0.2) is 12.0 Å². The van der Waals surface area contributed by atoms with Crippen molar-refractivity contribution in [3.05, 3.63) is 54.4 Å². The van der Waals surface area contributed by atoms with Crippen LogP contribution in [0.4, 0.5) is 0 Å². The average molecular weight is 346 g/mol. The standard InChI is InChI=1S/C21H22N4O/c1-5-12-25-15-19-21(23(3)16-25)22-20(24(19)4)11-10-17-8-7-9-18(14-17)26-13-6-2/h1,6-9,14-15,20H,2,12-13,16H2,3-4H3. The van der Waals surface area contributed by atoms with E-state index in [1.807, 2.05) is 38.4 Å². The largest absolute Gasteiger partial charge is 0.490 e. The molecule has 5 nitrogen and oxygen atoms in total. The monoisotopic (exact) mass is 346 g/mol. The molecule has 3 rings (SSSR count). The predicted octanol–water partition coefficient (Wildman–Crippen LogP) is 1.95. The minimum Gasteiger partial charge on any atom is -0.490 e. The van der Waals surface area contributed by atoms with Crippen molar-refractivity contribution in [2.45, 2.75) is 6.17 Å². The van der Waals surface area contributed by atoms with Crippen molar-refractivity contribution in [1.29, 1.82) is 0 Å². The molecule has 0 bridgehead atoms. The highest BCUT2D eigenvalue weighted by atomic mass is 16.5. The fraction of sp³-hybridized carbons (Fsp3) is 0.286. The number of terminal acetylenes is 1. The van der Waals surface area contributed by atoms with E-state index in [-0.39, 0.29) is 6.17 Å². The van der Waals surface area contributed by atoms with Crippen molar-refractivity contribution in [2.24, 2.45) is 4.99 Å². The first kappa shape index (κ1) is 17.5. The van der Waals surface area contributed by atoms with Crippen LogP contribution in [0, 0.1) is 24.2 Å². The number of benzene rings is 1. The Morgan fingerprint density at radius 1 is 1.42 bits per heavy atom. The Kier molecular flexibility index (Phi) is 5.20. The maximum atomic E-state index is 5.55. The van der Waals surface area contributed by atoms with Crippen LogP contribution >= 0.6 is 0 Å². The molecule has 5 heteroatoms. The van der Waals surface area contributed by atoms with Gasteiger partial charge in [-0.05, 0) is 24.1 Å². The fourth-order valence-electron chi connectivity index (χ4n) is 2.86. The lowest BCUT2D eigenvalue weighted by atomic mass is 10.2. The SMILES string of the molecule is C#CCN1C=C2C(=NC(C#Cc3cccc(OCC=C)c3)N2C)N(C)C1. The Labute approximate surface area is 155 Å². The first-order valence-electron chi connectivity index (χ1n) is 8.39. The molecule has 0 saturated heterocycles. The summed E-state index contributed by atoms with van der Waals surface area (Å²) in [5.41, 5.74) is 1.93. The van der Waals surface area contributed by atoms with Gasteiger partial charge in [0.2, 0.25) is 0 Å². The Morgan fingerprint density at radius 3 is 3.04 bits per heavy atom. The van der Waals surface area contributed by atoms with E-state index < -0.39 is 0 Å². The number of ether oxygens (including phenoxy) is 1. The zero-order valence-electron chi connectivity index (χ0n) is 15.1. The lowest BCUT2D eigenvalue weighted by molar-refractivity contribution is 0.274. The highest BCUT2D eigenvalue weighted by Gasteiger charge is 2.32. The molecule has 0 spiro atoms. The molecule has 0 fully saturated rings. The number of nitrogens with zero attached hydrogens (tertiary/aromatic N) is 4. The van der Waals surface area contributed by atoms with E-state index in [1.54, 1.807) is 6.08 Å². The molecule has 26 heavy (non-hydrogen) atoms. The molecule has 0 N–H and O–H groups in total. The summed E-state index contributed by atoms with van der Waals surface area (Å²) in [5.74, 6) is 10.8. The van der Waals surface area contributed by atoms with Gasteiger partial charge in [-0.25, -0.2) is 4.99 Å². The van der Waals surface area contributed by atoms with Crippen LogP contribution in [-0.4, -0.2) is 60.6 Å². The van der Waals surface area contributed by atoms with Gasteiger partial charge in [-0.3, -0.25) is 0 Å². The second kappa shape index (κ2) is 7.72. The van der Waals surface area contributed by atoms with Gasteiger partial charge < -0.3 is 19.4 Å². The van der Waals surface area contributed by atoms with E-state index in [2.05, 4.69) is 45.2 Å². The van der Waals surface area contributed by atoms with Crippen LogP contribution < -0.4 is 4.74 Å². The van der Waals surface area contributed by atoms with Gasteiger partial charge in [-0.2, -0.15) is 0 Å². The van der Waals surface area contributed by atoms with Crippen molar-refractivity contribution in [3.8, 4) is 29.9 Å². The summed E-state index contributed by atoms with van der Waals surface area (Å²) in [7, 11) is 4.01. The lowest BCUT2D eigenvalue weighted by Gasteiger charge is -2.33. The Balaban J connectivity index is 1.79. The molecule has 2 aliphatic rings. The maximum Gasteiger partial charge on any atom is 0.186 e. The van der Waals surface area contributed by atoms with Crippen LogP contribution in [-0.2, 0) is 0 Å². The molecule has 1 aromatic rings. The quantitative estimate of drug-likeness (QED) is 0.616. The van der Waals surface area contributed by atoms with E-state index in [0.29, 0.717) is 13.2 Å². The van der Waals surface area contributed by atoms with Crippen LogP contribution in [0.25, 0.3) is 0 Å². The molecule has 2 heterocycles. The summed E-state index contributed by atoms with van der Waals surface area (Å²) in [5, 5.41) is 0. The molecule has 0 aromatic heterocycles. The normalized spacial score (nSPS) is 18.2. The van der Waals surface area contributed by atoms with Crippen LogP contribution in [0.3, 0.4) is 0 Å². The van der Waals surface area contributed by atoms with Crippen LogP contribution in [0.5, 0.6) is 5.75 Å². The van der Waals surface area contributed by atoms with Crippen molar-refractivity contribution in [3.63, 3.8) is 0 Å². The van der Waals surface area contributed by atoms with Gasteiger partial charge in [0.1, 0.15) is 12.4 Å². The summed E-state index contributed by atoms with van der Waals surface area (Å²) < 4.78 is 5.55. The third-order valence-electron chi connectivity index (χ3n) is 4.12. The number of likely N-dealkylation sites (N-methyl/N-ethyl adjacent to an activating group) is 2. The van der Waals surface area contributed by atoms with Gasteiger partial charge in [0.05, 0.1) is 18.9 Å². The number of fused-ring (bicyclic) bond motifs is 1. The third-order valence-corrected chi connectivity index (χ3v) is 4.12. The van der Waals surface area contributed by atoms with E-state index in [1.165, 1.54) is 0 Å². The second-order valence-corrected chi connectivity index (χ2v) is 6.14. The highest BCUT2D eigenvalue weighted by Crippen LogP contribution is 2.24. The minimum absolute atomic E-state index is 0.220. The van der Waals surface area contributed by atoms with E-state index >= 15 is 0 Å². The first-order valence-corrected chi connectivity index (χ1v) is 8.39. The van der Waals surface area contributed by atoms with Gasteiger partial charge >= 0.3 is 0 Å². The Morgan fingerprint density at radius 2 is 2.27 bits per heavy atom. The van der Waals surface area contributed by atoms with Gasteiger partial charge in [0.25, 0.3) is 0 Å². The molecule has 1 aromatic carbocycles. The zero-order chi connectivity index (χ0) is 18.5. The van der Waals surface area contributed by atoms with Crippen LogP contribution in [0.2, 0.25) is 0 Å². The number of hydrogen-bond acceptors (Lipinski definition) is 5. The first-order chi connectivity index (χ1) is 12.6. The Bertz CT molecular complexity index is 853. The summed E-state index contributed by atoms with van der Waals surface area (Å²) >= 11 is 0. The topological polar surface area (TPSA) is 31.3 Å². The molecular formula is C21H22N4O. The average Bonchev–Trinajstić information content (AvgIpc) is 2.96. The number of aliphatic imine (C=N–C) groups is 1. The molecule has 0 amide bonds. The van der Waals surface area contributed by atoms with Crippen molar-refractivity contribution < 1.29 is 4.74 Å². The molecule has 0 aliphatic carbocycles. The second-order valence-electron chi connectivity index (χ2n) is 6.14. The fourth-order valence-corrected chi connectivity index (χ4v) is 2.86. The van der Waals surface area contributed by atoms with Crippen LogP contribution in [0.1, 0.15) is 5.56 Å². The predicted molar refractivity (Wildman–Crippen MR) is 104 cm³/mol. The summed E-state index contributed by atoms with van der Waals surface area (Å²) in [6.45, 7) is 5.43. The molecule has 0 saturated carbocycles. The Hall–Kier alpha value is -3.31. The molecular weight excluding hydrogens is 324 g/mol. The summed E-state index contributed by atoms with van der Waals surface area (Å²) in [6, 6.07) is 7.72. The van der Waals surface area contributed by atoms with E-state index in [0.717, 1.165) is 29.5 Å². The molecule has 1 atom stereocenters. The number of rotatable bonds is 4. The van der Waals surface area contributed by atoms with E-state index in [4.69, 9.17) is 16.2 Å². The summed E-state index contributed by atoms with van der Waals surface area (Å²) in [4.78, 5) is 11.0. The van der Waals surface area contributed by atoms with Crippen LogP contribution in [0.15, 0.2) is 53.8 Å². The summed E-state index contributed by atoms with van der Waals surface area (Å²) in [6.07, 6.45) is 9.00. The molecule has 132 valence electrons. The smallest absolute Gasteiger partial charge is 0.186 e. The maximum absolute atomic E-state index is 5.55. The molecule has 2 aliphatic heterocycles. The van der Waals surface area contributed by atoms with Crippen molar-refractivity contribution >= 4 is 5.84 Å².